The Morgan fingerprint density at radius 1 is 1.32 bits per heavy atom. The molecule has 1 heterocycles. The molecule has 2 aromatic rings. The number of aliphatic hydroxyl groups excluding tert-OH is 1. The van der Waals surface area contributed by atoms with Crippen LogP contribution in [0, 0.1) is 6.92 Å². The second kappa shape index (κ2) is 8.12. The number of nitrogens with zero attached hydrogens (tertiary/aromatic N) is 2. The first-order chi connectivity index (χ1) is 12.2. The van der Waals surface area contributed by atoms with E-state index >= 15 is 0 Å². The van der Waals surface area contributed by atoms with Crippen molar-refractivity contribution in [2.75, 3.05) is 19.7 Å². The topological polar surface area (TPSA) is 65.5 Å². The maximum absolute atomic E-state index is 12.7. The quantitative estimate of drug-likeness (QED) is 0.850. The Balaban J connectivity index is 1.60. The molecule has 2 N–H and O–H groups in total. The van der Waals surface area contributed by atoms with Crippen LogP contribution in [0.1, 0.15) is 34.8 Å². The van der Waals surface area contributed by atoms with Gasteiger partial charge < -0.3 is 15.3 Å². The smallest absolute Gasteiger partial charge is 0.318 e. The third-order valence-corrected chi connectivity index (χ3v) is 4.74. The Hall–Kier alpha value is -2.40. The zero-order chi connectivity index (χ0) is 17.6. The fourth-order valence-corrected chi connectivity index (χ4v) is 3.43. The maximum Gasteiger partial charge on any atom is 0.318 e. The number of aryl methyl sites for hydroxylation is 2. The van der Waals surface area contributed by atoms with Gasteiger partial charge in [0, 0.05) is 25.0 Å². The van der Waals surface area contributed by atoms with Crippen LogP contribution < -0.4 is 5.32 Å². The van der Waals surface area contributed by atoms with E-state index in [0.29, 0.717) is 13.1 Å². The van der Waals surface area contributed by atoms with Crippen molar-refractivity contribution >= 4 is 6.03 Å². The first-order valence-corrected chi connectivity index (χ1v) is 8.83. The predicted molar refractivity (Wildman–Crippen MR) is 97.4 cm³/mol. The van der Waals surface area contributed by atoms with E-state index in [0.717, 1.165) is 30.5 Å². The first kappa shape index (κ1) is 17.4. The molecule has 0 aliphatic heterocycles. The Labute approximate surface area is 148 Å². The summed E-state index contributed by atoms with van der Waals surface area (Å²) in [6.07, 6.45) is 4.48. The Bertz CT molecular complexity index is 715. The van der Waals surface area contributed by atoms with Crippen LogP contribution in [0.5, 0.6) is 0 Å². The van der Waals surface area contributed by atoms with E-state index in [4.69, 9.17) is 0 Å². The molecule has 1 aliphatic rings. The fraction of sp³-hybridized carbons (Fsp3) is 0.400. The number of rotatable bonds is 6. The number of carbonyl (C=O) groups is 1. The minimum atomic E-state index is -0.115. The Morgan fingerprint density at radius 2 is 2.16 bits per heavy atom. The normalized spacial score (nSPS) is 15.7. The highest BCUT2D eigenvalue weighted by Gasteiger charge is 2.30. The molecule has 2 amide bonds. The van der Waals surface area contributed by atoms with E-state index < -0.39 is 0 Å². The van der Waals surface area contributed by atoms with Gasteiger partial charge >= 0.3 is 6.03 Å². The zero-order valence-corrected chi connectivity index (χ0v) is 14.6. The summed E-state index contributed by atoms with van der Waals surface area (Å²) in [5.41, 5.74) is 4.59. The molecule has 1 unspecified atom stereocenters. The molecule has 5 nitrogen and oxygen atoms in total. The average molecular weight is 339 g/mol. The highest BCUT2D eigenvalue weighted by atomic mass is 16.3. The zero-order valence-electron chi connectivity index (χ0n) is 14.6. The third-order valence-electron chi connectivity index (χ3n) is 4.74. The van der Waals surface area contributed by atoms with E-state index in [1.54, 1.807) is 4.90 Å². The SMILES string of the molecule is Cc1ccc(CCNC(=O)N(CCO)C2CCc3ccccc32)cn1. The van der Waals surface area contributed by atoms with Crippen LogP contribution in [0.3, 0.4) is 0 Å². The summed E-state index contributed by atoms with van der Waals surface area (Å²) in [5, 5.41) is 12.4. The number of nitrogens with one attached hydrogen (secondary N) is 1. The second-order valence-corrected chi connectivity index (χ2v) is 6.46. The van der Waals surface area contributed by atoms with E-state index in [9.17, 15) is 9.90 Å². The molecule has 0 saturated carbocycles. The molecule has 0 saturated heterocycles. The molecule has 0 radical (unpaired) electrons. The Kier molecular flexibility index (Phi) is 5.66. The summed E-state index contributed by atoms with van der Waals surface area (Å²) in [7, 11) is 0. The van der Waals surface area contributed by atoms with Crippen molar-refractivity contribution in [3.8, 4) is 0 Å². The van der Waals surface area contributed by atoms with Crippen molar-refractivity contribution in [1.29, 1.82) is 0 Å². The van der Waals surface area contributed by atoms with Crippen molar-refractivity contribution in [2.24, 2.45) is 0 Å². The molecule has 0 fully saturated rings. The molecule has 0 bridgehead atoms. The van der Waals surface area contributed by atoms with Crippen LogP contribution in [-0.2, 0) is 12.8 Å². The molecular weight excluding hydrogens is 314 g/mol. The minimum Gasteiger partial charge on any atom is -0.395 e. The lowest BCUT2D eigenvalue weighted by Gasteiger charge is -2.29. The molecular formula is C20H25N3O2. The molecule has 5 heteroatoms. The summed E-state index contributed by atoms with van der Waals surface area (Å²) in [5.74, 6) is 0. The number of hydrogen-bond acceptors (Lipinski definition) is 3. The van der Waals surface area contributed by atoms with E-state index in [-0.39, 0.29) is 18.7 Å². The minimum absolute atomic E-state index is 0.0338. The van der Waals surface area contributed by atoms with Crippen molar-refractivity contribution in [3.05, 3.63) is 65.0 Å². The van der Waals surface area contributed by atoms with Gasteiger partial charge in [-0.15, -0.1) is 0 Å². The standard InChI is InChI=1S/C20H25N3O2/c1-15-6-7-16(14-22-15)10-11-21-20(25)23(12-13-24)19-9-8-17-4-2-3-5-18(17)19/h2-7,14,19,24H,8-13H2,1H3,(H,21,25). The molecule has 1 aromatic carbocycles. The summed E-state index contributed by atoms with van der Waals surface area (Å²) >= 11 is 0. The molecule has 3 rings (SSSR count). The number of amides is 2. The second-order valence-electron chi connectivity index (χ2n) is 6.46. The Morgan fingerprint density at radius 3 is 2.92 bits per heavy atom. The van der Waals surface area contributed by atoms with Crippen molar-refractivity contribution in [1.82, 2.24) is 15.2 Å². The maximum atomic E-state index is 12.7. The lowest BCUT2D eigenvalue weighted by Crippen LogP contribution is -2.43. The van der Waals surface area contributed by atoms with Crippen LogP contribution in [0.15, 0.2) is 42.6 Å². The first-order valence-electron chi connectivity index (χ1n) is 8.83. The van der Waals surface area contributed by atoms with Gasteiger partial charge in [0.05, 0.1) is 12.6 Å². The van der Waals surface area contributed by atoms with Crippen LogP contribution >= 0.6 is 0 Å². The number of hydrogen-bond donors (Lipinski definition) is 2. The van der Waals surface area contributed by atoms with Crippen molar-refractivity contribution in [3.63, 3.8) is 0 Å². The molecule has 25 heavy (non-hydrogen) atoms. The summed E-state index contributed by atoms with van der Waals surface area (Å²) in [4.78, 5) is 18.7. The highest BCUT2D eigenvalue weighted by Crippen LogP contribution is 2.35. The number of aliphatic hydroxyl groups is 1. The predicted octanol–water partition coefficient (Wildman–Crippen LogP) is 2.62. The number of carbonyl (C=O) groups excluding carboxylic acids is 1. The van der Waals surface area contributed by atoms with Gasteiger partial charge in [-0.2, -0.15) is 0 Å². The van der Waals surface area contributed by atoms with Gasteiger partial charge in [0.1, 0.15) is 0 Å². The molecule has 1 aromatic heterocycles. The van der Waals surface area contributed by atoms with E-state index in [1.807, 2.05) is 37.4 Å². The molecule has 132 valence electrons. The largest absolute Gasteiger partial charge is 0.395 e. The number of aromatic nitrogens is 1. The van der Waals surface area contributed by atoms with E-state index in [1.165, 1.54) is 11.1 Å². The number of pyridine rings is 1. The van der Waals surface area contributed by atoms with Gasteiger partial charge in [0.15, 0.2) is 0 Å². The lowest BCUT2D eigenvalue weighted by atomic mass is 10.1. The number of fused-ring (bicyclic) bond motifs is 1. The fourth-order valence-electron chi connectivity index (χ4n) is 3.43. The third kappa shape index (κ3) is 4.17. The summed E-state index contributed by atoms with van der Waals surface area (Å²) in [6.45, 7) is 2.82. The van der Waals surface area contributed by atoms with Crippen LogP contribution in [0.4, 0.5) is 4.79 Å². The van der Waals surface area contributed by atoms with Crippen LogP contribution in [0.2, 0.25) is 0 Å². The highest BCUT2D eigenvalue weighted by molar-refractivity contribution is 5.75. The average Bonchev–Trinajstić information content (AvgIpc) is 3.05. The monoisotopic (exact) mass is 339 g/mol. The van der Waals surface area contributed by atoms with Crippen LogP contribution in [-0.4, -0.2) is 40.7 Å². The van der Waals surface area contributed by atoms with Gasteiger partial charge in [-0.05, 0) is 48.9 Å². The molecule has 1 aliphatic carbocycles. The lowest BCUT2D eigenvalue weighted by molar-refractivity contribution is 0.151. The van der Waals surface area contributed by atoms with Crippen molar-refractivity contribution < 1.29 is 9.90 Å². The molecule has 1 atom stereocenters. The molecule has 0 spiro atoms. The van der Waals surface area contributed by atoms with Gasteiger partial charge in [0.25, 0.3) is 0 Å². The van der Waals surface area contributed by atoms with Crippen LogP contribution in [0.25, 0.3) is 0 Å². The van der Waals surface area contributed by atoms with E-state index in [2.05, 4.69) is 22.4 Å². The van der Waals surface area contributed by atoms with Gasteiger partial charge in [0.2, 0.25) is 0 Å². The van der Waals surface area contributed by atoms with Gasteiger partial charge in [-0.1, -0.05) is 30.3 Å². The van der Waals surface area contributed by atoms with Gasteiger partial charge in [-0.25, -0.2) is 4.79 Å². The van der Waals surface area contributed by atoms with Gasteiger partial charge in [-0.3, -0.25) is 4.98 Å². The number of benzene rings is 1. The van der Waals surface area contributed by atoms with Crippen molar-refractivity contribution in [2.45, 2.75) is 32.2 Å². The summed E-state index contributed by atoms with van der Waals surface area (Å²) < 4.78 is 0. The number of urea groups is 1. The summed E-state index contributed by atoms with van der Waals surface area (Å²) in [6, 6.07) is 12.2.